The Morgan fingerprint density at radius 1 is 0.935 bits per heavy atom. The topological polar surface area (TPSA) is 139 Å². The molecule has 0 aliphatic carbocycles. The second-order valence-electron chi connectivity index (χ2n) is 7.18. The molecular weight excluding hydrogens is 408 g/mol. The molecule has 0 radical (unpaired) electrons. The third-order valence-electron chi connectivity index (χ3n) is 5.22. The summed E-state index contributed by atoms with van der Waals surface area (Å²) in [6, 6.07) is 13.4. The molecule has 0 unspecified atom stereocenters. The van der Waals surface area contributed by atoms with Crippen molar-refractivity contribution in [2.45, 2.75) is 30.7 Å². The Morgan fingerprint density at radius 2 is 1.65 bits per heavy atom. The van der Waals surface area contributed by atoms with E-state index in [1.54, 1.807) is 31.4 Å². The van der Waals surface area contributed by atoms with Crippen LogP contribution in [-0.2, 0) is 4.74 Å². The molecule has 2 aromatic carbocycles. The standard InChI is InChI=1S/C22H22O9/c1-28-12-4-2-11(3-5-12)15-9-18(24)30-16-8-13(6-7-14(15)16)29-22-21(27)20(26)19(25)17(10-23)31-22/h2-9,17,19-23,25-27H,10H2,1H3/t17-,19+,20+,21-,22-/m1/s1. The highest BCUT2D eigenvalue weighted by Gasteiger charge is 2.44. The second kappa shape index (κ2) is 8.66. The van der Waals surface area contributed by atoms with Crippen LogP contribution in [0.4, 0.5) is 0 Å². The van der Waals surface area contributed by atoms with E-state index in [0.717, 1.165) is 5.56 Å². The zero-order valence-electron chi connectivity index (χ0n) is 16.5. The number of aliphatic hydroxyl groups excluding tert-OH is 4. The van der Waals surface area contributed by atoms with E-state index in [4.69, 9.17) is 18.6 Å². The highest BCUT2D eigenvalue weighted by atomic mass is 16.7. The van der Waals surface area contributed by atoms with E-state index >= 15 is 0 Å². The van der Waals surface area contributed by atoms with Gasteiger partial charge in [0.25, 0.3) is 0 Å². The monoisotopic (exact) mass is 430 g/mol. The molecule has 2 heterocycles. The number of rotatable bonds is 5. The first-order valence-corrected chi connectivity index (χ1v) is 9.61. The molecule has 0 bridgehead atoms. The molecule has 0 saturated carbocycles. The fraction of sp³-hybridized carbons (Fsp3) is 0.318. The molecule has 4 N–H and O–H groups in total. The predicted octanol–water partition coefficient (Wildman–Crippen LogP) is 0.647. The first-order valence-electron chi connectivity index (χ1n) is 9.61. The molecule has 1 aliphatic rings. The lowest BCUT2D eigenvalue weighted by molar-refractivity contribution is -0.277. The number of fused-ring (bicyclic) bond motifs is 1. The number of ether oxygens (including phenoxy) is 3. The Labute approximate surface area is 176 Å². The van der Waals surface area contributed by atoms with Crippen molar-refractivity contribution < 1.29 is 39.1 Å². The average Bonchev–Trinajstić information content (AvgIpc) is 2.78. The van der Waals surface area contributed by atoms with Crippen LogP contribution in [0, 0.1) is 0 Å². The van der Waals surface area contributed by atoms with Gasteiger partial charge < -0.3 is 39.1 Å². The zero-order valence-corrected chi connectivity index (χ0v) is 16.5. The molecule has 5 atom stereocenters. The van der Waals surface area contributed by atoms with E-state index in [1.165, 1.54) is 12.1 Å². The molecule has 164 valence electrons. The van der Waals surface area contributed by atoms with Gasteiger partial charge >= 0.3 is 5.63 Å². The summed E-state index contributed by atoms with van der Waals surface area (Å²) in [7, 11) is 1.57. The first kappa shape index (κ1) is 21.3. The highest BCUT2D eigenvalue weighted by molar-refractivity contribution is 5.93. The molecule has 31 heavy (non-hydrogen) atoms. The zero-order chi connectivity index (χ0) is 22.1. The molecular formula is C22H22O9. The maximum absolute atomic E-state index is 12.1. The van der Waals surface area contributed by atoms with Gasteiger partial charge in [0, 0.05) is 17.5 Å². The van der Waals surface area contributed by atoms with Crippen LogP contribution in [0.5, 0.6) is 11.5 Å². The first-order chi connectivity index (χ1) is 14.9. The van der Waals surface area contributed by atoms with Crippen LogP contribution in [0.3, 0.4) is 0 Å². The van der Waals surface area contributed by atoms with E-state index in [9.17, 15) is 25.2 Å². The third kappa shape index (κ3) is 4.14. The lowest BCUT2D eigenvalue weighted by Gasteiger charge is -2.39. The molecule has 0 amide bonds. The fourth-order valence-electron chi connectivity index (χ4n) is 3.52. The smallest absolute Gasteiger partial charge is 0.336 e. The minimum Gasteiger partial charge on any atom is -0.497 e. The summed E-state index contributed by atoms with van der Waals surface area (Å²) in [6.45, 7) is -0.567. The minimum atomic E-state index is -1.56. The summed E-state index contributed by atoms with van der Waals surface area (Å²) in [4.78, 5) is 12.1. The quantitative estimate of drug-likeness (QED) is 0.430. The largest absolute Gasteiger partial charge is 0.497 e. The Kier molecular flexibility index (Phi) is 5.94. The molecule has 1 fully saturated rings. The van der Waals surface area contributed by atoms with E-state index in [2.05, 4.69) is 0 Å². The van der Waals surface area contributed by atoms with Crippen LogP contribution < -0.4 is 15.1 Å². The van der Waals surface area contributed by atoms with E-state index < -0.39 is 42.9 Å². The van der Waals surface area contributed by atoms with Crippen LogP contribution in [0.2, 0.25) is 0 Å². The van der Waals surface area contributed by atoms with Crippen LogP contribution in [-0.4, -0.2) is 64.8 Å². The van der Waals surface area contributed by atoms with Crippen molar-refractivity contribution in [1.29, 1.82) is 0 Å². The van der Waals surface area contributed by atoms with E-state index in [1.807, 2.05) is 12.1 Å². The van der Waals surface area contributed by atoms with E-state index in [0.29, 0.717) is 16.7 Å². The summed E-state index contributed by atoms with van der Waals surface area (Å²) in [6.07, 6.45) is -7.03. The van der Waals surface area contributed by atoms with Crippen LogP contribution in [0.15, 0.2) is 57.7 Å². The van der Waals surface area contributed by atoms with Gasteiger partial charge in [0.1, 0.15) is 41.5 Å². The summed E-state index contributed by atoms with van der Waals surface area (Å²) in [5.41, 5.74) is 1.15. The summed E-state index contributed by atoms with van der Waals surface area (Å²) < 4.78 is 21.4. The Morgan fingerprint density at radius 3 is 2.32 bits per heavy atom. The maximum Gasteiger partial charge on any atom is 0.336 e. The Balaban J connectivity index is 1.66. The normalized spacial score (nSPS) is 26.0. The van der Waals surface area contributed by atoms with Crippen LogP contribution in [0.25, 0.3) is 22.1 Å². The van der Waals surface area contributed by atoms with Gasteiger partial charge in [-0.05, 0) is 35.4 Å². The molecule has 0 spiro atoms. The Hall–Kier alpha value is -2.95. The van der Waals surface area contributed by atoms with Crippen molar-refractivity contribution in [1.82, 2.24) is 0 Å². The maximum atomic E-state index is 12.1. The van der Waals surface area contributed by atoms with Crippen molar-refractivity contribution in [3.8, 4) is 22.6 Å². The molecule has 1 aromatic heterocycles. The van der Waals surface area contributed by atoms with Gasteiger partial charge in [0.2, 0.25) is 6.29 Å². The van der Waals surface area contributed by atoms with Gasteiger partial charge in [-0.2, -0.15) is 0 Å². The van der Waals surface area contributed by atoms with Crippen LogP contribution >= 0.6 is 0 Å². The van der Waals surface area contributed by atoms with Gasteiger partial charge in [-0.3, -0.25) is 0 Å². The van der Waals surface area contributed by atoms with Crippen molar-refractivity contribution in [2.24, 2.45) is 0 Å². The number of hydrogen-bond acceptors (Lipinski definition) is 9. The molecule has 3 aromatic rings. The van der Waals surface area contributed by atoms with Crippen molar-refractivity contribution in [3.63, 3.8) is 0 Å². The Bertz CT molecular complexity index is 1110. The van der Waals surface area contributed by atoms with Gasteiger partial charge in [-0.15, -0.1) is 0 Å². The molecule has 1 saturated heterocycles. The molecule has 1 aliphatic heterocycles. The van der Waals surface area contributed by atoms with E-state index in [-0.39, 0.29) is 11.3 Å². The number of benzene rings is 2. The average molecular weight is 430 g/mol. The summed E-state index contributed by atoms with van der Waals surface area (Å²) >= 11 is 0. The number of hydrogen-bond donors (Lipinski definition) is 4. The van der Waals surface area contributed by atoms with Gasteiger partial charge in [0.05, 0.1) is 13.7 Å². The molecule has 4 rings (SSSR count). The highest BCUT2D eigenvalue weighted by Crippen LogP contribution is 2.32. The van der Waals surface area contributed by atoms with Crippen LogP contribution in [0.1, 0.15) is 0 Å². The summed E-state index contributed by atoms with van der Waals surface area (Å²) in [5, 5.41) is 39.9. The van der Waals surface area contributed by atoms with Gasteiger partial charge in [0.15, 0.2) is 0 Å². The fourth-order valence-corrected chi connectivity index (χ4v) is 3.52. The SMILES string of the molecule is COc1ccc(-c2cc(=O)oc3cc(O[C@@H]4O[C@H](CO)[C@H](O)[C@H](O)[C@H]4O)ccc23)cc1. The van der Waals surface area contributed by atoms with Crippen molar-refractivity contribution in [3.05, 3.63) is 59.0 Å². The van der Waals surface area contributed by atoms with Gasteiger partial charge in [-0.1, -0.05) is 12.1 Å². The second-order valence-corrected chi connectivity index (χ2v) is 7.18. The lowest BCUT2D eigenvalue weighted by Crippen LogP contribution is -2.60. The van der Waals surface area contributed by atoms with Crippen molar-refractivity contribution in [2.75, 3.05) is 13.7 Å². The summed E-state index contributed by atoms with van der Waals surface area (Å²) in [5.74, 6) is 0.887. The number of methoxy groups -OCH3 is 1. The molecule has 9 nitrogen and oxygen atoms in total. The van der Waals surface area contributed by atoms with Gasteiger partial charge in [-0.25, -0.2) is 4.79 Å². The predicted molar refractivity (Wildman–Crippen MR) is 109 cm³/mol. The lowest BCUT2D eigenvalue weighted by atomic mass is 9.99. The number of aliphatic hydroxyl groups is 4. The molecule has 9 heteroatoms. The minimum absolute atomic E-state index is 0.201. The van der Waals surface area contributed by atoms with Crippen molar-refractivity contribution >= 4 is 11.0 Å². The third-order valence-corrected chi connectivity index (χ3v) is 5.22.